The minimum Gasteiger partial charge on any atom is -0.381 e. The molecular weight excluding hydrogens is 338 g/mol. The lowest BCUT2D eigenvalue weighted by Crippen LogP contribution is -2.51. The van der Waals surface area contributed by atoms with Gasteiger partial charge in [-0.2, -0.15) is 0 Å². The van der Waals surface area contributed by atoms with Crippen LogP contribution >= 0.6 is 0 Å². The second-order valence-electron chi connectivity index (χ2n) is 9.56. The molecule has 0 saturated heterocycles. The Labute approximate surface area is 162 Å². The van der Waals surface area contributed by atoms with Gasteiger partial charge in [-0.15, -0.1) is 0 Å². The lowest BCUT2D eigenvalue weighted by atomic mass is 9.61. The van der Waals surface area contributed by atoms with E-state index in [1.807, 2.05) is 0 Å². The predicted octanol–water partition coefficient (Wildman–Crippen LogP) is 3.10. The molecule has 1 heterocycles. The number of likely N-dealkylation sites (N-methyl/N-ethyl adjacent to an activating group) is 1. The van der Waals surface area contributed by atoms with E-state index in [2.05, 4.69) is 39.0 Å². The van der Waals surface area contributed by atoms with Crippen LogP contribution in [0.2, 0.25) is 0 Å². The van der Waals surface area contributed by atoms with E-state index in [1.54, 1.807) is 19.1 Å². The van der Waals surface area contributed by atoms with Crippen molar-refractivity contribution in [2.75, 3.05) is 14.2 Å². The van der Waals surface area contributed by atoms with E-state index in [1.165, 1.54) is 11.1 Å². The molecule has 1 atom stereocenters. The van der Waals surface area contributed by atoms with Gasteiger partial charge in [0.25, 0.3) is 5.91 Å². The molecular formula is C22H31N3O2. The molecule has 1 aromatic rings. The standard InChI is InChI=1S/C22H31N3O2/c1-20(2,3)15-7-6-14-13-21(10-8-16(27-5)9-11-21)22(17(14)12-15)18(26)25(4)19(23)24-22/h6-7,12,16H,8-11,13H2,1-5H3,(H2,23,24). The van der Waals surface area contributed by atoms with E-state index in [0.717, 1.165) is 37.7 Å². The van der Waals surface area contributed by atoms with Gasteiger partial charge in [0.2, 0.25) is 0 Å². The molecule has 3 aliphatic rings. The molecule has 1 aliphatic heterocycles. The number of fused-ring (bicyclic) bond motifs is 3. The zero-order chi connectivity index (χ0) is 19.6. The highest BCUT2D eigenvalue weighted by Gasteiger charge is 2.66. The largest absolute Gasteiger partial charge is 0.381 e. The molecule has 0 aromatic heterocycles. The fourth-order valence-corrected chi connectivity index (χ4v) is 5.39. The quantitative estimate of drug-likeness (QED) is 0.827. The third kappa shape index (κ3) is 2.40. The molecule has 1 saturated carbocycles. The molecule has 2 aliphatic carbocycles. The van der Waals surface area contributed by atoms with E-state index in [9.17, 15) is 4.79 Å². The SMILES string of the molecule is COC1CCC2(CC1)Cc1ccc(C(C)(C)C)cc1C21N=C(N)N(C)C1=O. The molecule has 5 nitrogen and oxygen atoms in total. The molecule has 2 spiro atoms. The normalized spacial score (nSPS) is 33.1. The van der Waals surface area contributed by atoms with E-state index in [4.69, 9.17) is 15.5 Å². The van der Waals surface area contributed by atoms with Crippen LogP contribution in [0.1, 0.15) is 63.1 Å². The highest BCUT2D eigenvalue weighted by molar-refractivity contribution is 6.08. The molecule has 1 aromatic carbocycles. The molecule has 2 N–H and O–H groups in total. The number of nitrogens with two attached hydrogens (primary N) is 1. The van der Waals surface area contributed by atoms with Crippen molar-refractivity contribution in [2.24, 2.45) is 16.1 Å². The molecule has 5 heteroatoms. The molecule has 1 fully saturated rings. The van der Waals surface area contributed by atoms with E-state index >= 15 is 0 Å². The van der Waals surface area contributed by atoms with Crippen LogP contribution < -0.4 is 5.73 Å². The number of carbonyl (C=O) groups excluding carboxylic acids is 1. The third-order valence-electron chi connectivity index (χ3n) is 7.13. The number of aliphatic imine (C=N–C) groups is 1. The first-order chi connectivity index (χ1) is 12.6. The van der Waals surface area contributed by atoms with Gasteiger partial charge in [-0.25, -0.2) is 4.99 Å². The summed E-state index contributed by atoms with van der Waals surface area (Å²) in [4.78, 5) is 20.0. The highest BCUT2D eigenvalue weighted by atomic mass is 16.5. The van der Waals surface area contributed by atoms with Gasteiger partial charge in [-0.1, -0.05) is 39.0 Å². The molecule has 0 bridgehead atoms. The number of hydrogen-bond acceptors (Lipinski definition) is 4. The number of nitrogens with zero attached hydrogens (tertiary/aromatic N) is 2. The number of guanidine groups is 1. The Balaban J connectivity index is 1.90. The zero-order valence-electron chi connectivity index (χ0n) is 17.1. The van der Waals surface area contributed by atoms with Crippen LogP contribution in [0, 0.1) is 5.41 Å². The molecule has 0 radical (unpaired) electrons. The van der Waals surface area contributed by atoms with Gasteiger partial charge in [0.1, 0.15) is 0 Å². The lowest BCUT2D eigenvalue weighted by Gasteiger charge is -2.45. The second kappa shape index (κ2) is 5.81. The first-order valence-corrected chi connectivity index (χ1v) is 9.95. The summed E-state index contributed by atoms with van der Waals surface area (Å²) in [7, 11) is 3.53. The number of ether oxygens (including phenoxy) is 1. The number of carbonyl (C=O) groups is 1. The predicted molar refractivity (Wildman–Crippen MR) is 107 cm³/mol. The summed E-state index contributed by atoms with van der Waals surface area (Å²) in [5, 5.41) is 0. The minimum absolute atomic E-state index is 0.0164. The maximum absolute atomic E-state index is 13.6. The molecule has 146 valence electrons. The van der Waals surface area contributed by atoms with Crippen LogP contribution in [-0.4, -0.2) is 37.0 Å². The van der Waals surface area contributed by atoms with Crippen LogP contribution in [0.25, 0.3) is 0 Å². The average molecular weight is 370 g/mol. The summed E-state index contributed by atoms with van der Waals surface area (Å²) in [6, 6.07) is 6.65. The minimum atomic E-state index is -0.874. The van der Waals surface area contributed by atoms with E-state index in [0.29, 0.717) is 5.96 Å². The van der Waals surface area contributed by atoms with Crippen LogP contribution in [0.3, 0.4) is 0 Å². The fourth-order valence-electron chi connectivity index (χ4n) is 5.39. The Morgan fingerprint density at radius 3 is 2.44 bits per heavy atom. The molecule has 1 amide bonds. The van der Waals surface area contributed by atoms with Gasteiger partial charge in [0.05, 0.1) is 6.10 Å². The van der Waals surface area contributed by atoms with Crippen LogP contribution in [-0.2, 0) is 26.9 Å². The number of amides is 1. The summed E-state index contributed by atoms with van der Waals surface area (Å²) in [6.45, 7) is 6.61. The van der Waals surface area contributed by atoms with Crippen molar-refractivity contribution in [3.63, 3.8) is 0 Å². The lowest BCUT2D eigenvalue weighted by molar-refractivity contribution is -0.137. The van der Waals surface area contributed by atoms with E-state index < -0.39 is 5.54 Å². The highest BCUT2D eigenvalue weighted by Crippen LogP contribution is 2.62. The first kappa shape index (κ1) is 18.5. The topological polar surface area (TPSA) is 67.9 Å². The third-order valence-corrected chi connectivity index (χ3v) is 7.13. The summed E-state index contributed by atoms with van der Waals surface area (Å²) < 4.78 is 5.60. The van der Waals surface area contributed by atoms with Crippen molar-refractivity contribution < 1.29 is 9.53 Å². The number of methoxy groups -OCH3 is 1. The van der Waals surface area contributed by atoms with Gasteiger partial charge in [0, 0.05) is 19.6 Å². The van der Waals surface area contributed by atoms with Gasteiger partial charge in [-0.05, 0) is 54.2 Å². The average Bonchev–Trinajstić information content (AvgIpc) is 3.02. The number of hydrogen-bond donors (Lipinski definition) is 1. The van der Waals surface area contributed by atoms with Gasteiger partial charge in [0.15, 0.2) is 11.5 Å². The van der Waals surface area contributed by atoms with Crippen molar-refractivity contribution in [1.82, 2.24) is 4.90 Å². The zero-order valence-corrected chi connectivity index (χ0v) is 17.1. The van der Waals surface area contributed by atoms with Gasteiger partial charge < -0.3 is 10.5 Å². The summed E-state index contributed by atoms with van der Waals surface area (Å²) >= 11 is 0. The van der Waals surface area contributed by atoms with Crippen molar-refractivity contribution in [2.45, 2.75) is 69.9 Å². The first-order valence-electron chi connectivity index (χ1n) is 9.95. The molecule has 1 unspecified atom stereocenters. The number of rotatable bonds is 1. The Hall–Kier alpha value is -1.88. The fraction of sp³-hybridized carbons (Fsp3) is 0.636. The van der Waals surface area contributed by atoms with Crippen LogP contribution in [0.4, 0.5) is 0 Å². The van der Waals surface area contributed by atoms with E-state index in [-0.39, 0.29) is 22.8 Å². The Morgan fingerprint density at radius 2 is 1.93 bits per heavy atom. The smallest absolute Gasteiger partial charge is 0.262 e. The van der Waals surface area contributed by atoms with Crippen LogP contribution in [0.5, 0.6) is 0 Å². The maximum atomic E-state index is 13.6. The van der Waals surface area contributed by atoms with Crippen molar-refractivity contribution in [3.05, 3.63) is 34.9 Å². The van der Waals surface area contributed by atoms with Crippen molar-refractivity contribution >= 4 is 11.9 Å². The Bertz CT molecular complexity index is 815. The molecule has 4 rings (SSSR count). The second-order valence-corrected chi connectivity index (χ2v) is 9.56. The van der Waals surface area contributed by atoms with Gasteiger partial charge in [-0.3, -0.25) is 9.69 Å². The van der Waals surface area contributed by atoms with Crippen LogP contribution in [0.15, 0.2) is 23.2 Å². The summed E-state index contributed by atoms with van der Waals surface area (Å²) in [5.41, 5.74) is 8.68. The summed E-state index contributed by atoms with van der Waals surface area (Å²) in [5.74, 6) is 0.364. The Kier molecular flexibility index (Phi) is 3.97. The maximum Gasteiger partial charge on any atom is 0.262 e. The summed E-state index contributed by atoms with van der Waals surface area (Å²) in [6.07, 6.45) is 4.95. The van der Waals surface area contributed by atoms with Gasteiger partial charge >= 0.3 is 0 Å². The van der Waals surface area contributed by atoms with Crippen molar-refractivity contribution in [1.29, 1.82) is 0 Å². The number of benzene rings is 1. The monoisotopic (exact) mass is 369 g/mol. The molecule has 27 heavy (non-hydrogen) atoms. The Morgan fingerprint density at radius 1 is 1.26 bits per heavy atom. The van der Waals surface area contributed by atoms with Crippen molar-refractivity contribution in [3.8, 4) is 0 Å².